The van der Waals surface area contributed by atoms with E-state index in [1.165, 1.54) is 44.2 Å². The fourth-order valence-corrected chi connectivity index (χ4v) is 3.55. The monoisotopic (exact) mass is 587 g/mol. The molecule has 1 heterocycles. The molecule has 0 unspecified atom stereocenters. The van der Waals surface area contributed by atoms with E-state index in [-0.39, 0.29) is 50.7 Å². The Morgan fingerprint density at radius 2 is 1.52 bits per heavy atom. The van der Waals surface area contributed by atoms with E-state index in [4.69, 9.17) is 0 Å². The van der Waals surface area contributed by atoms with Gasteiger partial charge in [-0.05, 0) is 24.7 Å². The molecule has 5 rings (SSSR count). The van der Waals surface area contributed by atoms with E-state index in [1.54, 1.807) is 0 Å². The van der Waals surface area contributed by atoms with E-state index in [0.29, 0.717) is 0 Å². The Morgan fingerprint density at radius 1 is 0.862 bits per heavy atom. The first-order valence-electron chi connectivity index (χ1n) is 9.11. The van der Waals surface area contributed by atoms with E-state index in [0.717, 1.165) is 6.42 Å². The summed E-state index contributed by atoms with van der Waals surface area (Å²) in [5, 5.41) is 3.90. The molecule has 1 nitrogen and oxygen atoms in total. The number of hydrogen-bond acceptors (Lipinski definition) is 0. The summed E-state index contributed by atoms with van der Waals surface area (Å²) >= 11 is 0. The van der Waals surface area contributed by atoms with Gasteiger partial charge in [0, 0.05) is 11.1 Å². The van der Waals surface area contributed by atoms with Gasteiger partial charge in [0.25, 0.3) is 0 Å². The Balaban J connectivity index is 0.000000365. The largest absolute Gasteiger partial charge is 4.00 e. The smallest absolute Gasteiger partial charge is 1.00 e. The predicted octanol–water partition coefficient (Wildman–Crippen LogP) is 0.902. The Kier molecular flexibility index (Phi) is 9.75. The number of aryl methyl sites for hydroxylation is 1. The number of benzene rings is 2. The van der Waals surface area contributed by atoms with Gasteiger partial charge in [0.05, 0.1) is 5.52 Å². The summed E-state index contributed by atoms with van der Waals surface area (Å²) in [5.74, 6) is 0. The van der Waals surface area contributed by atoms with Crippen LogP contribution in [0.2, 0.25) is 0 Å². The van der Waals surface area contributed by atoms with Gasteiger partial charge in [-0.2, -0.15) is 6.08 Å². The molecule has 1 aliphatic carbocycles. The van der Waals surface area contributed by atoms with Crippen LogP contribution in [-0.4, -0.2) is 4.57 Å². The summed E-state index contributed by atoms with van der Waals surface area (Å²) in [6.45, 7) is 6.38. The zero-order chi connectivity index (χ0) is 18.1. The number of hydrogen-bond donors (Lipinski definition) is 0. The SMILES string of the molecule is CC1=[C-]CC=C1C.Cc1cc2ccccc2n1-c1cc2ccccc2[cH-]1.[Cl-].[Cl-].[Hf+4]. The molecule has 0 bridgehead atoms. The maximum atomic E-state index is 3.19. The van der Waals surface area contributed by atoms with Crippen molar-refractivity contribution in [2.75, 3.05) is 0 Å². The molecule has 0 spiro atoms. The molecule has 0 amide bonds. The minimum absolute atomic E-state index is 0. The molecule has 4 aromatic rings. The molecule has 0 saturated heterocycles. The summed E-state index contributed by atoms with van der Waals surface area (Å²) in [4.78, 5) is 0. The van der Waals surface area contributed by atoms with Crippen LogP contribution in [0.25, 0.3) is 27.4 Å². The third-order valence-corrected chi connectivity index (χ3v) is 5.12. The zero-order valence-electron chi connectivity index (χ0n) is 16.8. The Labute approximate surface area is 204 Å². The first-order chi connectivity index (χ1) is 12.6. The summed E-state index contributed by atoms with van der Waals surface area (Å²) in [5.41, 5.74) is 6.51. The number of para-hydroxylation sites is 1. The summed E-state index contributed by atoms with van der Waals surface area (Å²) in [7, 11) is 0. The molecular formula is C25H23Cl2HfN. The standard InChI is InChI=1S/C18H14N.C7H9.2ClH.Hf/c1-13-10-16-8-4-5-9-18(16)19(13)17-11-14-6-2-3-7-15(14)12-17;1-6-4-3-5-7(6)2;;;/h2-12H,1H3;4H,3H2,1-2H3;2*1H;/q2*-1;;;+4/p-2. The topological polar surface area (TPSA) is 4.93 Å². The second-order valence-corrected chi connectivity index (χ2v) is 6.92. The van der Waals surface area contributed by atoms with Crippen LogP contribution in [0.1, 0.15) is 26.0 Å². The second-order valence-electron chi connectivity index (χ2n) is 6.92. The molecule has 0 atom stereocenters. The van der Waals surface area contributed by atoms with Gasteiger partial charge in [0.2, 0.25) is 0 Å². The van der Waals surface area contributed by atoms with Crippen LogP contribution < -0.4 is 24.8 Å². The van der Waals surface area contributed by atoms with Crippen molar-refractivity contribution in [2.45, 2.75) is 27.2 Å². The molecule has 0 aliphatic heterocycles. The van der Waals surface area contributed by atoms with Crippen LogP contribution in [0.3, 0.4) is 0 Å². The fourth-order valence-electron chi connectivity index (χ4n) is 3.55. The van der Waals surface area contributed by atoms with Gasteiger partial charge in [-0.15, -0.1) is 54.4 Å². The van der Waals surface area contributed by atoms with Crippen molar-refractivity contribution in [3.05, 3.63) is 95.7 Å². The fraction of sp³-hybridized carbons (Fsp3) is 0.160. The van der Waals surface area contributed by atoms with Crippen molar-refractivity contribution in [1.29, 1.82) is 0 Å². The van der Waals surface area contributed by atoms with Crippen LogP contribution >= 0.6 is 0 Å². The molecule has 0 radical (unpaired) electrons. The molecule has 1 aliphatic rings. The molecule has 0 N–H and O–H groups in total. The first kappa shape index (κ1) is 25.6. The normalized spacial score (nSPS) is 12.1. The summed E-state index contributed by atoms with van der Waals surface area (Å²) in [6.07, 6.45) is 6.41. The number of allylic oxidation sites excluding steroid dienone is 4. The maximum Gasteiger partial charge on any atom is 4.00 e. The van der Waals surface area contributed by atoms with Crippen molar-refractivity contribution in [3.8, 4) is 5.69 Å². The number of nitrogens with zero attached hydrogens (tertiary/aromatic N) is 1. The average Bonchev–Trinajstić information content (AvgIpc) is 3.31. The van der Waals surface area contributed by atoms with E-state index < -0.39 is 0 Å². The minimum atomic E-state index is 0. The van der Waals surface area contributed by atoms with E-state index >= 15 is 0 Å². The van der Waals surface area contributed by atoms with Gasteiger partial charge in [0.1, 0.15) is 0 Å². The second kappa shape index (κ2) is 11.1. The predicted molar refractivity (Wildman–Crippen MR) is 112 cm³/mol. The van der Waals surface area contributed by atoms with Crippen molar-refractivity contribution in [3.63, 3.8) is 0 Å². The van der Waals surface area contributed by atoms with E-state index in [9.17, 15) is 0 Å². The van der Waals surface area contributed by atoms with Crippen molar-refractivity contribution < 1.29 is 50.7 Å². The molecule has 0 saturated carbocycles. The molecule has 3 aromatic carbocycles. The van der Waals surface area contributed by atoms with Crippen LogP contribution in [0.4, 0.5) is 0 Å². The number of aromatic nitrogens is 1. The van der Waals surface area contributed by atoms with Crippen LogP contribution in [0.5, 0.6) is 0 Å². The minimum Gasteiger partial charge on any atom is -1.00 e. The van der Waals surface area contributed by atoms with Crippen molar-refractivity contribution >= 4 is 21.7 Å². The summed E-state index contributed by atoms with van der Waals surface area (Å²) < 4.78 is 2.33. The van der Waals surface area contributed by atoms with Gasteiger partial charge in [-0.1, -0.05) is 31.2 Å². The number of halogens is 2. The van der Waals surface area contributed by atoms with Gasteiger partial charge in [0.15, 0.2) is 0 Å². The molecule has 4 heteroatoms. The summed E-state index contributed by atoms with van der Waals surface area (Å²) in [6, 6.07) is 23.8. The Bertz CT molecular complexity index is 1100. The number of fused-ring (bicyclic) bond motifs is 2. The van der Waals surface area contributed by atoms with Gasteiger partial charge < -0.3 is 29.4 Å². The average molecular weight is 587 g/mol. The van der Waals surface area contributed by atoms with Crippen molar-refractivity contribution in [1.82, 2.24) is 4.57 Å². The van der Waals surface area contributed by atoms with E-state index in [2.05, 4.69) is 104 Å². The zero-order valence-corrected chi connectivity index (χ0v) is 21.9. The molecule has 1 aromatic heterocycles. The van der Waals surface area contributed by atoms with E-state index in [1.807, 2.05) is 0 Å². The first-order valence-corrected chi connectivity index (χ1v) is 9.11. The van der Waals surface area contributed by atoms with Gasteiger partial charge in [-0.25, -0.2) is 11.1 Å². The van der Waals surface area contributed by atoms with Crippen LogP contribution in [0.15, 0.2) is 84.0 Å². The third kappa shape index (κ3) is 5.36. The Morgan fingerprint density at radius 3 is 2.10 bits per heavy atom. The van der Waals surface area contributed by atoms with Crippen LogP contribution in [-0.2, 0) is 25.8 Å². The van der Waals surface area contributed by atoms with Gasteiger partial charge >= 0.3 is 25.8 Å². The number of rotatable bonds is 1. The Hall–Kier alpha value is -1.48. The molecular weight excluding hydrogens is 564 g/mol. The van der Waals surface area contributed by atoms with Crippen molar-refractivity contribution in [2.24, 2.45) is 0 Å². The third-order valence-electron chi connectivity index (χ3n) is 5.12. The molecule has 146 valence electrons. The maximum absolute atomic E-state index is 3.19. The quantitative estimate of drug-likeness (QED) is 0.231. The molecule has 0 fully saturated rings. The van der Waals surface area contributed by atoms with Crippen LogP contribution in [0, 0.1) is 13.0 Å². The molecule has 29 heavy (non-hydrogen) atoms. The van der Waals surface area contributed by atoms with Gasteiger partial charge in [-0.3, -0.25) is 6.08 Å².